The van der Waals surface area contributed by atoms with Crippen molar-refractivity contribution in [2.24, 2.45) is 16.6 Å². The lowest BCUT2D eigenvalue weighted by atomic mass is 10.1. The largest absolute Gasteiger partial charge is 0.370 e. The van der Waals surface area contributed by atoms with Crippen LogP contribution in [-0.2, 0) is 10.0 Å². The fourth-order valence-corrected chi connectivity index (χ4v) is 3.43. The predicted octanol–water partition coefficient (Wildman–Crippen LogP) is 0.977. The van der Waals surface area contributed by atoms with Crippen LogP contribution in [0.5, 0.6) is 0 Å². The van der Waals surface area contributed by atoms with Gasteiger partial charge in [0.1, 0.15) is 4.21 Å². The first kappa shape index (κ1) is 16.9. The molecule has 0 fully saturated rings. The van der Waals surface area contributed by atoms with Crippen LogP contribution in [0.2, 0.25) is 0 Å². The lowest BCUT2D eigenvalue weighted by molar-refractivity contribution is 0.582. The Hall–Kier alpha value is -1.12. The molecule has 4 N–H and O–H groups in total. The normalized spacial score (nSPS) is 12.8. The highest BCUT2D eigenvalue weighted by molar-refractivity contribution is 7.91. The van der Waals surface area contributed by atoms with E-state index >= 15 is 0 Å². The highest BCUT2D eigenvalue weighted by Crippen LogP contribution is 2.14. The van der Waals surface area contributed by atoms with Crippen molar-refractivity contribution < 1.29 is 8.42 Å². The van der Waals surface area contributed by atoms with Crippen LogP contribution in [0.4, 0.5) is 0 Å². The quantitative estimate of drug-likeness (QED) is 0.378. The van der Waals surface area contributed by atoms with Gasteiger partial charge in [0, 0.05) is 19.6 Å². The van der Waals surface area contributed by atoms with E-state index in [9.17, 15) is 8.42 Å². The zero-order valence-corrected chi connectivity index (χ0v) is 13.4. The maximum Gasteiger partial charge on any atom is 0.250 e. The van der Waals surface area contributed by atoms with Crippen LogP contribution in [0.25, 0.3) is 0 Å². The van der Waals surface area contributed by atoms with Gasteiger partial charge in [-0.05, 0) is 23.8 Å². The maximum absolute atomic E-state index is 11.8. The van der Waals surface area contributed by atoms with Crippen molar-refractivity contribution in [2.45, 2.75) is 24.5 Å². The number of thiophene rings is 1. The summed E-state index contributed by atoms with van der Waals surface area (Å²) in [6.07, 6.45) is 0.980. The molecule has 1 aromatic rings. The van der Waals surface area contributed by atoms with E-state index in [1.54, 1.807) is 17.5 Å². The van der Waals surface area contributed by atoms with Gasteiger partial charge in [0.2, 0.25) is 10.0 Å². The molecule has 8 heteroatoms. The van der Waals surface area contributed by atoms with Gasteiger partial charge in [-0.2, -0.15) is 0 Å². The van der Waals surface area contributed by atoms with E-state index in [2.05, 4.69) is 28.9 Å². The predicted molar refractivity (Wildman–Crippen MR) is 83.5 cm³/mol. The molecule has 0 aliphatic carbocycles. The first-order valence-corrected chi connectivity index (χ1v) is 8.85. The van der Waals surface area contributed by atoms with Crippen LogP contribution < -0.4 is 15.8 Å². The second kappa shape index (κ2) is 8.23. The van der Waals surface area contributed by atoms with Crippen molar-refractivity contribution in [3.8, 4) is 0 Å². The second-order valence-electron chi connectivity index (χ2n) is 4.71. The molecule has 1 rings (SSSR count). The number of hydrogen-bond acceptors (Lipinski definition) is 4. The smallest absolute Gasteiger partial charge is 0.250 e. The third kappa shape index (κ3) is 6.36. The van der Waals surface area contributed by atoms with Gasteiger partial charge in [0.05, 0.1) is 0 Å². The molecule has 0 atom stereocenters. The third-order valence-corrected chi connectivity index (χ3v) is 5.33. The lowest BCUT2D eigenvalue weighted by Gasteiger charge is -2.07. The summed E-state index contributed by atoms with van der Waals surface area (Å²) in [5, 5.41) is 4.61. The SMILES string of the molecule is CC(C)CCN=C(N)NCCNS(=O)(=O)c1cccs1. The third-order valence-electron chi connectivity index (χ3n) is 2.47. The molecule has 0 aliphatic rings. The number of nitrogens with two attached hydrogens (primary N) is 1. The Morgan fingerprint density at radius 1 is 1.45 bits per heavy atom. The Kier molecular flexibility index (Phi) is 6.97. The fraction of sp³-hybridized carbons (Fsp3) is 0.583. The van der Waals surface area contributed by atoms with E-state index in [4.69, 9.17) is 5.73 Å². The fourth-order valence-electron chi connectivity index (χ4n) is 1.36. The molecule has 0 spiro atoms. The van der Waals surface area contributed by atoms with Crippen molar-refractivity contribution in [3.63, 3.8) is 0 Å². The minimum atomic E-state index is -3.40. The Labute approximate surface area is 124 Å². The number of aliphatic imine (C=N–C) groups is 1. The zero-order valence-electron chi connectivity index (χ0n) is 11.8. The van der Waals surface area contributed by atoms with Crippen LogP contribution in [0.3, 0.4) is 0 Å². The summed E-state index contributed by atoms with van der Waals surface area (Å²) in [5.74, 6) is 0.935. The highest BCUT2D eigenvalue weighted by atomic mass is 32.2. The first-order chi connectivity index (χ1) is 9.42. The Morgan fingerprint density at radius 3 is 2.80 bits per heavy atom. The number of sulfonamides is 1. The molecule has 0 bridgehead atoms. The first-order valence-electron chi connectivity index (χ1n) is 6.49. The monoisotopic (exact) mass is 318 g/mol. The molecule has 0 radical (unpaired) electrons. The standard InChI is InChI=1S/C12H22N4O2S2/c1-10(2)5-6-14-12(13)15-7-8-16-20(17,18)11-4-3-9-19-11/h3-4,9-10,16H,5-8H2,1-2H3,(H3,13,14,15). The number of nitrogens with zero attached hydrogens (tertiary/aromatic N) is 1. The average Bonchev–Trinajstić information content (AvgIpc) is 2.89. The van der Waals surface area contributed by atoms with E-state index in [0.717, 1.165) is 6.42 Å². The van der Waals surface area contributed by atoms with Crippen molar-refractivity contribution in [1.82, 2.24) is 10.0 Å². The molecule has 20 heavy (non-hydrogen) atoms. The maximum atomic E-state index is 11.8. The molecule has 0 unspecified atom stereocenters. The zero-order chi connectivity index (χ0) is 15.0. The van der Waals surface area contributed by atoms with Crippen molar-refractivity contribution in [3.05, 3.63) is 17.5 Å². The molecular formula is C12H22N4O2S2. The molecule has 0 saturated heterocycles. The molecular weight excluding hydrogens is 296 g/mol. The van der Waals surface area contributed by atoms with Crippen LogP contribution in [0.15, 0.2) is 26.7 Å². The number of hydrogen-bond donors (Lipinski definition) is 3. The van der Waals surface area contributed by atoms with Crippen molar-refractivity contribution in [2.75, 3.05) is 19.6 Å². The van der Waals surface area contributed by atoms with E-state index in [0.29, 0.717) is 29.2 Å². The average molecular weight is 318 g/mol. The number of guanidine groups is 1. The summed E-state index contributed by atoms with van der Waals surface area (Å²) in [4.78, 5) is 4.16. The van der Waals surface area contributed by atoms with E-state index < -0.39 is 10.0 Å². The van der Waals surface area contributed by atoms with Gasteiger partial charge in [-0.25, -0.2) is 13.1 Å². The van der Waals surface area contributed by atoms with Gasteiger partial charge >= 0.3 is 0 Å². The van der Waals surface area contributed by atoms with Crippen LogP contribution >= 0.6 is 11.3 Å². The van der Waals surface area contributed by atoms with E-state index in [1.807, 2.05) is 0 Å². The Morgan fingerprint density at radius 2 is 2.20 bits per heavy atom. The lowest BCUT2D eigenvalue weighted by Crippen LogP contribution is -2.38. The highest BCUT2D eigenvalue weighted by Gasteiger charge is 2.13. The van der Waals surface area contributed by atoms with Crippen LogP contribution in [-0.4, -0.2) is 34.0 Å². The van der Waals surface area contributed by atoms with Crippen molar-refractivity contribution in [1.29, 1.82) is 0 Å². The summed E-state index contributed by atoms with van der Waals surface area (Å²) in [5.41, 5.74) is 5.67. The molecule has 6 nitrogen and oxygen atoms in total. The topological polar surface area (TPSA) is 96.6 Å². The summed E-state index contributed by atoms with van der Waals surface area (Å²) in [6.45, 7) is 5.59. The van der Waals surface area contributed by atoms with Crippen molar-refractivity contribution >= 4 is 27.3 Å². The van der Waals surface area contributed by atoms with E-state index in [-0.39, 0.29) is 6.54 Å². The number of rotatable bonds is 8. The minimum Gasteiger partial charge on any atom is -0.370 e. The Balaban J connectivity index is 2.25. The Bertz CT molecular complexity index is 510. The summed E-state index contributed by atoms with van der Waals surface area (Å²) in [7, 11) is -3.40. The van der Waals surface area contributed by atoms with Crippen LogP contribution in [0, 0.1) is 5.92 Å². The van der Waals surface area contributed by atoms with Gasteiger partial charge in [-0.3, -0.25) is 4.99 Å². The van der Waals surface area contributed by atoms with Crippen LogP contribution in [0.1, 0.15) is 20.3 Å². The minimum absolute atomic E-state index is 0.265. The molecule has 0 saturated carbocycles. The molecule has 1 aromatic heterocycles. The van der Waals surface area contributed by atoms with Gasteiger partial charge in [0.25, 0.3) is 0 Å². The summed E-state index contributed by atoms with van der Waals surface area (Å²) in [6, 6.07) is 3.28. The van der Waals surface area contributed by atoms with Gasteiger partial charge in [0.15, 0.2) is 5.96 Å². The van der Waals surface area contributed by atoms with Gasteiger partial charge in [-0.1, -0.05) is 19.9 Å². The van der Waals surface area contributed by atoms with Gasteiger partial charge in [-0.15, -0.1) is 11.3 Å². The number of nitrogens with one attached hydrogen (secondary N) is 2. The summed E-state index contributed by atoms with van der Waals surface area (Å²) >= 11 is 1.19. The molecule has 0 aromatic carbocycles. The molecule has 1 heterocycles. The molecule has 0 amide bonds. The summed E-state index contributed by atoms with van der Waals surface area (Å²) < 4.78 is 26.4. The van der Waals surface area contributed by atoms with Gasteiger partial charge < -0.3 is 11.1 Å². The second-order valence-corrected chi connectivity index (χ2v) is 7.65. The molecule has 0 aliphatic heterocycles. The van der Waals surface area contributed by atoms with E-state index in [1.165, 1.54) is 11.3 Å². The molecule has 114 valence electrons.